The van der Waals surface area contributed by atoms with Crippen molar-refractivity contribution >= 4 is 37.2 Å². The van der Waals surface area contributed by atoms with Gasteiger partial charge in [-0.2, -0.15) is 0 Å². The van der Waals surface area contributed by atoms with Crippen molar-refractivity contribution in [2.45, 2.75) is 25.0 Å². The predicted molar refractivity (Wildman–Crippen MR) is 82.5 cm³/mol. The SMILES string of the molecule is O=C(CCl)N(CCO[C@H]1CCS(=O)(=O)C1)[C@@H]1CCS(=O)(=O)C1. The first-order valence-corrected chi connectivity index (χ1v) is 11.3. The molecule has 0 aromatic rings. The second-order valence-corrected chi connectivity index (χ2v) is 10.4. The lowest BCUT2D eigenvalue weighted by atomic mass is 10.2. The molecule has 22 heavy (non-hydrogen) atoms. The van der Waals surface area contributed by atoms with Crippen molar-refractivity contribution in [3.63, 3.8) is 0 Å². The summed E-state index contributed by atoms with van der Waals surface area (Å²) in [5, 5.41) is 0. The number of sulfone groups is 2. The Morgan fingerprint density at radius 2 is 1.73 bits per heavy atom. The van der Waals surface area contributed by atoms with Gasteiger partial charge in [0.05, 0.1) is 35.7 Å². The summed E-state index contributed by atoms with van der Waals surface area (Å²) in [5.41, 5.74) is 0. The fraction of sp³-hybridized carbons (Fsp3) is 0.917. The predicted octanol–water partition coefficient (Wildman–Crippen LogP) is -0.555. The smallest absolute Gasteiger partial charge is 0.237 e. The van der Waals surface area contributed by atoms with Crippen molar-refractivity contribution in [3.8, 4) is 0 Å². The van der Waals surface area contributed by atoms with Gasteiger partial charge in [-0.3, -0.25) is 4.79 Å². The highest BCUT2D eigenvalue weighted by molar-refractivity contribution is 7.91. The van der Waals surface area contributed by atoms with Gasteiger partial charge >= 0.3 is 0 Å². The second kappa shape index (κ2) is 7.02. The van der Waals surface area contributed by atoms with Crippen LogP contribution in [0.2, 0.25) is 0 Å². The summed E-state index contributed by atoms with van der Waals surface area (Å²) in [5.74, 6) is -0.379. The van der Waals surface area contributed by atoms with E-state index in [4.69, 9.17) is 16.3 Å². The molecule has 2 saturated heterocycles. The zero-order valence-electron chi connectivity index (χ0n) is 12.1. The van der Waals surface area contributed by atoms with Crippen molar-refractivity contribution in [1.29, 1.82) is 0 Å². The van der Waals surface area contributed by atoms with Gasteiger partial charge in [0.1, 0.15) is 5.88 Å². The van der Waals surface area contributed by atoms with Gasteiger partial charge in [0, 0.05) is 12.6 Å². The van der Waals surface area contributed by atoms with Crippen LogP contribution in [-0.2, 0) is 29.2 Å². The molecule has 0 aromatic heterocycles. The van der Waals surface area contributed by atoms with Crippen LogP contribution in [0.1, 0.15) is 12.8 Å². The van der Waals surface area contributed by atoms with E-state index in [1.165, 1.54) is 4.90 Å². The molecular weight excluding hydrogens is 354 g/mol. The quantitative estimate of drug-likeness (QED) is 0.579. The molecule has 1 amide bonds. The van der Waals surface area contributed by atoms with E-state index in [0.717, 1.165) is 0 Å². The molecule has 0 saturated carbocycles. The maximum absolute atomic E-state index is 11.9. The van der Waals surface area contributed by atoms with Crippen LogP contribution in [0.15, 0.2) is 0 Å². The molecule has 0 N–H and O–H groups in total. The number of rotatable bonds is 6. The summed E-state index contributed by atoms with van der Waals surface area (Å²) in [4.78, 5) is 13.3. The highest BCUT2D eigenvalue weighted by atomic mass is 35.5. The first kappa shape index (κ1) is 18.0. The van der Waals surface area contributed by atoms with E-state index < -0.39 is 19.7 Å². The Balaban J connectivity index is 1.87. The molecule has 2 aliphatic rings. The minimum atomic E-state index is -3.10. The lowest BCUT2D eigenvalue weighted by Crippen LogP contribution is -2.44. The van der Waals surface area contributed by atoms with Crippen LogP contribution < -0.4 is 0 Å². The van der Waals surface area contributed by atoms with Crippen molar-refractivity contribution < 1.29 is 26.4 Å². The number of amides is 1. The van der Waals surface area contributed by atoms with E-state index in [0.29, 0.717) is 12.8 Å². The zero-order chi connectivity index (χ0) is 16.4. The first-order valence-electron chi connectivity index (χ1n) is 7.10. The van der Waals surface area contributed by atoms with Crippen LogP contribution >= 0.6 is 11.6 Å². The molecular formula is C12H20ClNO6S2. The average Bonchev–Trinajstić information content (AvgIpc) is 2.96. The molecule has 0 unspecified atom stereocenters. The third-order valence-corrected chi connectivity index (χ3v) is 7.68. The van der Waals surface area contributed by atoms with Crippen LogP contribution in [0.25, 0.3) is 0 Å². The van der Waals surface area contributed by atoms with Crippen LogP contribution in [0.3, 0.4) is 0 Å². The summed E-state index contributed by atoms with van der Waals surface area (Å²) in [6.07, 6.45) is 0.525. The normalized spacial score (nSPS) is 29.5. The van der Waals surface area contributed by atoms with Gasteiger partial charge in [0.15, 0.2) is 19.7 Å². The number of carbonyl (C=O) groups is 1. The molecule has 0 aliphatic carbocycles. The van der Waals surface area contributed by atoms with Crippen LogP contribution in [0, 0.1) is 0 Å². The molecule has 0 spiro atoms. The first-order chi connectivity index (χ1) is 10.2. The Kier molecular flexibility index (Phi) is 5.73. The Morgan fingerprint density at radius 1 is 1.09 bits per heavy atom. The summed E-state index contributed by atoms with van der Waals surface area (Å²) in [6, 6.07) is -0.368. The monoisotopic (exact) mass is 373 g/mol. The second-order valence-electron chi connectivity index (χ2n) is 5.67. The van der Waals surface area contributed by atoms with Crippen molar-refractivity contribution in [1.82, 2.24) is 4.90 Å². The fourth-order valence-corrected chi connectivity index (χ4v) is 6.32. The Bertz CT molecular complexity index is 618. The molecule has 2 fully saturated rings. The summed E-state index contributed by atoms with van der Waals surface area (Å²) < 4.78 is 51.3. The highest BCUT2D eigenvalue weighted by Gasteiger charge is 2.34. The number of hydrogen-bond donors (Lipinski definition) is 0. The molecule has 7 nitrogen and oxygen atoms in total. The fourth-order valence-electron chi connectivity index (χ4n) is 2.82. The number of ether oxygens (including phenoxy) is 1. The van der Waals surface area contributed by atoms with E-state index in [1.54, 1.807) is 0 Å². The van der Waals surface area contributed by atoms with Crippen LogP contribution in [0.5, 0.6) is 0 Å². The molecule has 2 aliphatic heterocycles. The van der Waals surface area contributed by atoms with Gasteiger partial charge in [-0.1, -0.05) is 0 Å². The van der Waals surface area contributed by atoms with Crippen molar-refractivity contribution in [3.05, 3.63) is 0 Å². The van der Waals surface area contributed by atoms with Gasteiger partial charge in [0.25, 0.3) is 0 Å². The van der Waals surface area contributed by atoms with Gasteiger partial charge in [-0.15, -0.1) is 11.6 Å². The Hall–Kier alpha value is -0.380. The minimum absolute atomic E-state index is 0.00819. The van der Waals surface area contributed by atoms with E-state index in [9.17, 15) is 21.6 Å². The number of nitrogens with zero attached hydrogens (tertiary/aromatic N) is 1. The van der Waals surface area contributed by atoms with E-state index >= 15 is 0 Å². The number of halogens is 1. The van der Waals surface area contributed by atoms with Crippen LogP contribution in [0.4, 0.5) is 0 Å². The Morgan fingerprint density at radius 3 is 2.23 bits per heavy atom. The largest absolute Gasteiger partial charge is 0.375 e. The summed E-state index contributed by atoms with van der Waals surface area (Å²) in [7, 11) is -6.10. The van der Waals surface area contributed by atoms with Crippen molar-refractivity contribution in [2.24, 2.45) is 0 Å². The Labute approximate surface area is 135 Å². The molecule has 2 heterocycles. The topological polar surface area (TPSA) is 97.8 Å². The number of alkyl halides is 1. The third kappa shape index (κ3) is 4.81. The van der Waals surface area contributed by atoms with Gasteiger partial charge in [0.2, 0.25) is 5.91 Å². The molecule has 0 radical (unpaired) electrons. The minimum Gasteiger partial charge on any atom is -0.375 e. The average molecular weight is 374 g/mol. The number of carbonyl (C=O) groups excluding carboxylic acids is 1. The lowest BCUT2D eigenvalue weighted by molar-refractivity contribution is -0.131. The van der Waals surface area contributed by atoms with Gasteiger partial charge in [-0.25, -0.2) is 16.8 Å². The van der Waals surface area contributed by atoms with Crippen LogP contribution in [-0.4, -0.2) is 81.8 Å². The van der Waals surface area contributed by atoms with E-state index in [-0.39, 0.29) is 60.1 Å². The van der Waals surface area contributed by atoms with Gasteiger partial charge < -0.3 is 9.64 Å². The van der Waals surface area contributed by atoms with Crippen molar-refractivity contribution in [2.75, 3.05) is 42.0 Å². The number of hydrogen-bond acceptors (Lipinski definition) is 6. The van der Waals surface area contributed by atoms with Gasteiger partial charge in [-0.05, 0) is 12.8 Å². The summed E-state index contributed by atoms with van der Waals surface area (Å²) in [6.45, 7) is 0.404. The highest BCUT2D eigenvalue weighted by Crippen LogP contribution is 2.19. The maximum atomic E-state index is 11.9. The molecule has 2 rings (SSSR count). The molecule has 0 aromatic carbocycles. The molecule has 10 heteroatoms. The van der Waals surface area contributed by atoms with E-state index in [2.05, 4.69) is 0 Å². The standard InChI is InChI=1S/C12H20ClNO6S2/c13-7-12(15)14(10-1-5-21(16,17)8-10)3-4-20-11-2-6-22(18,19)9-11/h10-11H,1-9H2/t10-,11+/m1/s1. The molecule has 0 bridgehead atoms. The molecule has 2 atom stereocenters. The zero-order valence-corrected chi connectivity index (χ0v) is 14.5. The van der Waals surface area contributed by atoms with E-state index in [1.807, 2.05) is 0 Å². The lowest BCUT2D eigenvalue weighted by Gasteiger charge is -2.28. The third-order valence-electron chi connectivity index (χ3n) is 3.96. The molecule has 128 valence electrons. The maximum Gasteiger partial charge on any atom is 0.237 e. The summed E-state index contributed by atoms with van der Waals surface area (Å²) >= 11 is 5.58.